The Morgan fingerprint density at radius 1 is 0.931 bits per heavy atom. The Balaban J connectivity index is 1.53. The fourth-order valence-electron chi connectivity index (χ4n) is 3.48. The van der Waals surface area contributed by atoms with Crippen molar-refractivity contribution in [2.75, 3.05) is 0 Å². The van der Waals surface area contributed by atoms with Gasteiger partial charge >= 0.3 is 0 Å². The third kappa shape index (κ3) is 2.61. The monoisotopic (exact) mass is 395 g/mol. The second-order valence-corrected chi connectivity index (χ2v) is 7.35. The molecule has 0 bridgehead atoms. The van der Waals surface area contributed by atoms with Gasteiger partial charge in [-0.2, -0.15) is 16.4 Å². The molecule has 0 unspecified atom stereocenters. The first-order valence-electron chi connectivity index (χ1n) is 8.99. The first-order chi connectivity index (χ1) is 14.4. The van der Waals surface area contributed by atoms with Gasteiger partial charge in [0.25, 0.3) is 0 Å². The SMILES string of the molecule is c1cnc(-c2ccc3[nH]nc(-c4cc5c(-c6ccsc6)ccnc5[nH]4)c3n2)cn1. The highest BCUT2D eigenvalue weighted by atomic mass is 32.1. The van der Waals surface area contributed by atoms with E-state index in [4.69, 9.17) is 4.98 Å². The summed E-state index contributed by atoms with van der Waals surface area (Å²) < 4.78 is 0. The average Bonchev–Trinajstić information content (AvgIpc) is 3.52. The van der Waals surface area contributed by atoms with Crippen LogP contribution in [-0.2, 0) is 0 Å². The average molecular weight is 395 g/mol. The summed E-state index contributed by atoms with van der Waals surface area (Å²) in [6, 6.07) is 10.1. The molecule has 6 aromatic rings. The van der Waals surface area contributed by atoms with Crippen molar-refractivity contribution in [1.29, 1.82) is 0 Å². The van der Waals surface area contributed by atoms with Gasteiger partial charge in [0.15, 0.2) is 0 Å². The van der Waals surface area contributed by atoms with Crippen LogP contribution in [0.25, 0.3) is 56.0 Å². The number of nitrogens with zero attached hydrogens (tertiary/aromatic N) is 5. The van der Waals surface area contributed by atoms with E-state index in [2.05, 4.69) is 53.0 Å². The van der Waals surface area contributed by atoms with Gasteiger partial charge in [-0.1, -0.05) is 0 Å². The Labute approximate surface area is 168 Å². The van der Waals surface area contributed by atoms with E-state index in [1.807, 2.05) is 24.4 Å². The van der Waals surface area contributed by atoms with E-state index in [-0.39, 0.29) is 0 Å². The maximum atomic E-state index is 4.79. The molecule has 138 valence electrons. The molecule has 6 aromatic heterocycles. The van der Waals surface area contributed by atoms with Crippen molar-refractivity contribution < 1.29 is 0 Å². The number of aromatic nitrogens is 7. The minimum Gasteiger partial charge on any atom is -0.338 e. The van der Waals surface area contributed by atoms with Crippen molar-refractivity contribution in [2.24, 2.45) is 0 Å². The van der Waals surface area contributed by atoms with E-state index >= 15 is 0 Å². The number of fused-ring (bicyclic) bond motifs is 2. The summed E-state index contributed by atoms with van der Waals surface area (Å²) in [7, 11) is 0. The van der Waals surface area contributed by atoms with E-state index in [1.165, 1.54) is 5.56 Å². The Hall–Kier alpha value is -3.91. The van der Waals surface area contributed by atoms with E-state index in [1.54, 1.807) is 29.9 Å². The van der Waals surface area contributed by atoms with Gasteiger partial charge in [0, 0.05) is 24.0 Å². The number of rotatable bonds is 3. The van der Waals surface area contributed by atoms with Crippen LogP contribution in [0.5, 0.6) is 0 Å². The van der Waals surface area contributed by atoms with Crippen LogP contribution in [0.4, 0.5) is 0 Å². The number of hydrogen-bond acceptors (Lipinski definition) is 6. The molecule has 2 N–H and O–H groups in total. The van der Waals surface area contributed by atoms with E-state index in [9.17, 15) is 0 Å². The highest BCUT2D eigenvalue weighted by Crippen LogP contribution is 2.33. The van der Waals surface area contributed by atoms with Crippen molar-refractivity contribution in [3.63, 3.8) is 0 Å². The largest absolute Gasteiger partial charge is 0.338 e. The molecule has 0 aromatic carbocycles. The normalized spacial score (nSPS) is 11.4. The molecule has 6 heterocycles. The van der Waals surface area contributed by atoms with Crippen molar-refractivity contribution in [2.45, 2.75) is 0 Å². The first-order valence-corrected chi connectivity index (χ1v) is 9.93. The zero-order valence-corrected chi connectivity index (χ0v) is 15.8. The number of aromatic amines is 2. The second-order valence-electron chi connectivity index (χ2n) is 6.57. The predicted octanol–water partition coefficient (Wildman–Crippen LogP) is 4.69. The van der Waals surface area contributed by atoms with Crippen molar-refractivity contribution in [3.8, 4) is 33.9 Å². The van der Waals surface area contributed by atoms with Crippen LogP contribution in [0, 0.1) is 0 Å². The summed E-state index contributed by atoms with van der Waals surface area (Å²) in [6.45, 7) is 0. The minimum atomic E-state index is 0.722. The summed E-state index contributed by atoms with van der Waals surface area (Å²) in [6.07, 6.45) is 6.83. The molecule has 8 heteroatoms. The molecule has 0 aliphatic rings. The molecule has 0 saturated carbocycles. The fourth-order valence-corrected chi connectivity index (χ4v) is 4.14. The van der Waals surface area contributed by atoms with E-state index < -0.39 is 0 Å². The van der Waals surface area contributed by atoms with Crippen LogP contribution in [0.2, 0.25) is 0 Å². The van der Waals surface area contributed by atoms with Gasteiger partial charge in [-0.25, -0.2) is 9.97 Å². The topological polar surface area (TPSA) is 96.0 Å². The van der Waals surface area contributed by atoms with Crippen molar-refractivity contribution in [3.05, 3.63) is 65.9 Å². The first kappa shape index (κ1) is 16.1. The number of nitrogens with one attached hydrogen (secondary N) is 2. The van der Waals surface area contributed by atoms with Gasteiger partial charge < -0.3 is 4.98 Å². The second kappa shape index (κ2) is 6.32. The quantitative estimate of drug-likeness (QED) is 0.453. The molecule has 6 rings (SSSR count). The maximum Gasteiger partial charge on any atom is 0.138 e. The molecule has 7 nitrogen and oxygen atoms in total. The van der Waals surface area contributed by atoms with Gasteiger partial charge in [0.1, 0.15) is 22.6 Å². The molecule has 0 amide bonds. The Morgan fingerprint density at radius 3 is 2.79 bits per heavy atom. The molecule has 29 heavy (non-hydrogen) atoms. The molecule has 0 spiro atoms. The number of H-pyrrole nitrogens is 2. The van der Waals surface area contributed by atoms with Gasteiger partial charge in [0.05, 0.1) is 23.1 Å². The van der Waals surface area contributed by atoms with E-state index in [0.717, 1.165) is 50.4 Å². The van der Waals surface area contributed by atoms with Crippen LogP contribution in [0.1, 0.15) is 0 Å². The van der Waals surface area contributed by atoms with Crippen molar-refractivity contribution in [1.82, 2.24) is 35.1 Å². The van der Waals surface area contributed by atoms with Crippen LogP contribution >= 0.6 is 11.3 Å². The maximum absolute atomic E-state index is 4.79. The molecule has 0 fully saturated rings. The fraction of sp³-hybridized carbons (Fsp3) is 0. The van der Waals surface area contributed by atoms with Crippen LogP contribution in [0.3, 0.4) is 0 Å². The standard InChI is InChI=1S/C21H13N7S/c1-2-16-19(25-15(1)18-10-22-6-7-23-18)20(28-27-16)17-9-14-13(12-4-8-29-11-12)3-5-24-21(14)26-17/h1-11H,(H,24,26)(H,27,28). The Kier molecular flexibility index (Phi) is 3.50. The minimum absolute atomic E-state index is 0.722. The van der Waals surface area contributed by atoms with Crippen LogP contribution < -0.4 is 0 Å². The Bertz CT molecular complexity index is 1450. The number of pyridine rings is 2. The Morgan fingerprint density at radius 2 is 1.93 bits per heavy atom. The third-order valence-corrected chi connectivity index (χ3v) is 5.54. The van der Waals surface area contributed by atoms with Crippen LogP contribution in [-0.4, -0.2) is 35.1 Å². The van der Waals surface area contributed by atoms with Gasteiger partial charge in [-0.05, 0) is 52.2 Å². The van der Waals surface area contributed by atoms with Gasteiger partial charge in [0.2, 0.25) is 0 Å². The lowest BCUT2D eigenvalue weighted by molar-refractivity contribution is 1.12. The molecule has 0 radical (unpaired) electrons. The summed E-state index contributed by atoms with van der Waals surface area (Å²) in [5.41, 5.74) is 7.88. The van der Waals surface area contributed by atoms with E-state index in [0.29, 0.717) is 0 Å². The lowest BCUT2D eigenvalue weighted by Crippen LogP contribution is -1.89. The molecule has 0 aliphatic carbocycles. The zero-order valence-electron chi connectivity index (χ0n) is 15.0. The van der Waals surface area contributed by atoms with Gasteiger partial charge in [-0.15, -0.1) is 0 Å². The number of thiophene rings is 1. The third-order valence-electron chi connectivity index (χ3n) is 4.85. The van der Waals surface area contributed by atoms with Crippen molar-refractivity contribution >= 4 is 33.4 Å². The highest BCUT2D eigenvalue weighted by Gasteiger charge is 2.16. The highest BCUT2D eigenvalue weighted by molar-refractivity contribution is 7.08. The molecule has 0 atom stereocenters. The van der Waals surface area contributed by atoms with Crippen LogP contribution in [0.15, 0.2) is 65.9 Å². The predicted molar refractivity (Wildman–Crippen MR) is 113 cm³/mol. The summed E-state index contributed by atoms with van der Waals surface area (Å²) in [5.74, 6) is 0. The zero-order chi connectivity index (χ0) is 19.2. The molecule has 0 aliphatic heterocycles. The molecular formula is C21H13N7S. The smallest absolute Gasteiger partial charge is 0.138 e. The number of hydrogen-bond donors (Lipinski definition) is 2. The lowest BCUT2D eigenvalue weighted by Gasteiger charge is -1.99. The summed E-state index contributed by atoms with van der Waals surface area (Å²) >= 11 is 1.68. The summed E-state index contributed by atoms with van der Waals surface area (Å²) in [5, 5.41) is 12.8. The van der Waals surface area contributed by atoms with Gasteiger partial charge in [-0.3, -0.25) is 15.1 Å². The molecular weight excluding hydrogens is 382 g/mol. The summed E-state index contributed by atoms with van der Waals surface area (Å²) in [4.78, 5) is 21.2. The molecule has 0 saturated heterocycles. The lowest BCUT2D eigenvalue weighted by atomic mass is 10.1.